The van der Waals surface area contributed by atoms with Gasteiger partial charge in [0.15, 0.2) is 0 Å². The van der Waals surface area contributed by atoms with Crippen molar-refractivity contribution in [3.8, 4) is 6.07 Å². The molecule has 108 valence electrons. The zero-order chi connectivity index (χ0) is 15.3. The minimum Gasteiger partial charge on any atom is -0.326 e. The molecule has 0 radical (unpaired) electrons. The summed E-state index contributed by atoms with van der Waals surface area (Å²) in [6, 6.07) is 7.42. The predicted molar refractivity (Wildman–Crippen MR) is 82.4 cm³/mol. The van der Waals surface area contributed by atoms with E-state index < -0.39 is 0 Å². The molecule has 0 saturated carbocycles. The normalized spacial score (nSPS) is 12.6. The van der Waals surface area contributed by atoms with Crippen molar-refractivity contribution in [2.24, 2.45) is 11.3 Å². The van der Waals surface area contributed by atoms with Crippen LogP contribution in [0.1, 0.15) is 51.7 Å². The standard InChI is InChI=1S/C17H24N2O/c1-12(10-17(3,4)5)8-16(20)19-15-9-14(11-18)7-6-13(15)2/h6-7,9,12H,8,10H2,1-5H3,(H,19,20). The molecule has 0 spiro atoms. The molecule has 0 aromatic heterocycles. The first-order chi connectivity index (χ1) is 9.21. The summed E-state index contributed by atoms with van der Waals surface area (Å²) in [6.07, 6.45) is 1.52. The maximum atomic E-state index is 12.1. The highest BCUT2D eigenvalue weighted by molar-refractivity contribution is 5.91. The van der Waals surface area contributed by atoms with E-state index in [0.717, 1.165) is 17.7 Å². The van der Waals surface area contributed by atoms with Crippen LogP contribution in [-0.4, -0.2) is 5.91 Å². The third-order valence-corrected chi connectivity index (χ3v) is 3.14. The van der Waals surface area contributed by atoms with Gasteiger partial charge in [-0.1, -0.05) is 33.8 Å². The maximum absolute atomic E-state index is 12.1. The van der Waals surface area contributed by atoms with E-state index in [0.29, 0.717) is 17.9 Å². The zero-order valence-electron chi connectivity index (χ0n) is 13.1. The molecule has 1 aromatic carbocycles. The van der Waals surface area contributed by atoms with Gasteiger partial charge in [0, 0.05) is 12.1 Å². The van der Waals surface area contributed by atoms with E-state index in [1.54, 1.807) is 12.1 Å². The van der Waals surface area contributed by atoms with Crippen molar-refractivity contribution in [2.45, 2.75) is 47.5 Å². The highest BCUT2D eigenvalue weighted by atomic mass is 16.1. The summed E-state index contributed by atoms with van der Waals surface area (Å²) in [4.78, 5) is 12.1. The summed E-state index contributed by atoms with van der Waals surface area (Å²) >= 11 is 0. The van der Waals surface area contributed by atoms with Crippen LogP contribution in [-0.2, 0) is 4.79 Å². The molecule has 3 nitrogen and oxygen atoms in total. The monoisotopic (exact) mass is 272 g/mol. The largest absolute Gasteiger partial charge is 0.326 e. The second kappa shape index (κ2) is 6.56. The van der Waals surface area contributed by atoms with Crippen molar-refractivity contribution in [1.82, 2.24) is 0 Å². The molecule has 0 aliphatic carbocycles. The van der Waals surface area contributed by atoms with Crippen molar-refractivity contribution >= 4 is 11.6 Å². The van der Waals surface area contributed by atoms with Gasteiger partial charge < -0.3 is 5.32 Å². The fourth-order valence-electron chi connectivity index (χ4n) is 2.46. The van der Waals surface area contributed by atoms with E-state index in [4.69, 9.17) is 5.26 Å². The Kier molecular flexibility index (Phi) is 5.33. The van der Waals surface area contributed by atoms with Crippen LogP contribution in [0.3, 0.4) is 0 Å². The van der Waals surface area contributed by atoms with E-state index >= 15 is 0 Å². The summed E-state index contributed by atoms with van der Waals surface area (Å²) in [6.45, 7) is 10.6. The molecular formula is C17H24N2O. The van der Waals surface area contributed by atoms with Crippen molar-refractivity contribution < 1.29 is 4.79 Å². The quantitative estimate of drug-likeness (QED) is 0.890. The Hall–Kier alpha value is -1.82. The molecule has 1 N–H and O–H groups in total. The molecule has 1 rings (SSSR count). The maximum Gasteiger partial charge on any atom is 0.224 e. The number of nitrogens with one attached hydrogen (secondary N) is 1. The SMILES string of the molecule is Cc1ccc(C#N)cc1NC(=O)CC(C)CC(C)(C)C. The second-order valence-corrected chi connectivity index (χ2v) is 6.76. The molecule has 1 aromatic rings. The number of amides is 1. The van der Waals surface area contributed by atoms with Gasteiger partial charge in [-0.15, -0.1) is 0 Å². The number of anilines is 1. The number of benzene rings is 1. The lowest BCUT2D eigenvalue weighted by Crippen LogP contribution is -2.19. The first kappa shape index (κ1) is 16.2. The van der Waals surface area contributed by atoms with Crippen LogP contribution in [0.4, 0.5) is 5.69 Å². The Bertz CT molecular complexity index is 521. The Morgan fingerprint density at radius 1 is 1.40 bits per heavy atom. The van der Waals surface area contributed by atoms with Gasteiger partial charge in [-0.2, -0.15) is 5.26 Å². The van der Waals surface area contributed by atoms with E-state index in [9.17, 15) is 4.79 Å². The number of hydrogen-bond donors (Lipinski definition) is 1. The summed E-state index contributed by atoms with van der Waals surface area (Å²) in [5, 5.41) is 11.8. The average Bonchev–Trinajstić information content (AvgIpc) is 2.29. The fraction of sp³-hybridized carbons (Fsp3) is 0.529. The van der Waals surface area contributed by atoms with Crippen molar-refractivity contribution in [3.63, 3.8) is 0 Å². The Balaban J connectivity index is 2.65. The van der Waals surface area contributed by atoms with Crippen LogP contribution >= 0.6 is 0 Å². The molecule has 0 heterocycles. The van der Waals surface area contributed by atoms with Crippen LogP contribution in [0.5, 0.6) is 0 Å². The minimum absolute atomic E-state index is 0.0138. The average molecular weight is 272 g/mol. The van der Waals surface area contributed by atoms with E-state index in [2.05, 4.69) is 39.1 Å². The van der Waals surface area contributed by atoms with Crippen LogP contribution in [0, 0.1) is 29.6 Å². The summed E-state index contributed by atoms with van der Waals surface area (Å²) < 4.78 is 0. The van der Waals surface area contributed by atoms with Crippen molar-refractivity contribution in [2.75, 3.05) is 5.32 Å². The first-order valence-corrected chi connectivity index (χ1v) is 7.02. The molecule has 0 fully saturated rings. The van der Waals surface area contributed by atoms with Gasteiger partial charge in [0.1, 0.15) is 0 Å². The molecule has 20 heavy (non-hydrogen) atoms. The number of hydrogen-bond acceptors (Lipinski definition) is 2. The third-order valence-electron chi connectivity index (χ3n) is 3.14. The molecule has 1 atom stereocenters. The van der Waals surface area contributed by atoms with Gasteiger partial charge in [-0.05, 0) is 42.4 Å². The van der Waals surface area contributed by atoms with E-state index in [-0.39, 0.29) is 11.3 Å². The van der Waals surface area contributed by atoms with Crippen LogP contribution in [0.15, 0.2) is 18.2 Å². The van der Waals surface area contributed by atoms with Crippen LogP contribution < -0.4 is 5.32 Å². The van der Waals surface area contributed by atoms with E-state index in [1.807, 2.05) is 13.0 Å². The molecular weight excluding hydrogens is 248 g/mol. The summed E-state index contributed by atoms with van der Waals surface area (Å²) in [5.41, 5.74) is 2.50. The lowest BCUT2D eigenvalue weighted by atomic mass is 9.84. The molecule has 3 heteroatoms. The van der Waals surface area contributed by atoms with Crippen LogP contribution in [0.2, 0.25) is 0 Å². The van der Waals surface area contributed by atoms with Gasteiger partial charge in [-0.25, -0.2) is 0 Å². The number of aryl methyl sites for hydroxylation is 1. The molecule has 0 aliphatic heterocycles. The fourth-order valence-corrected chi connectivity index (χ4v) is 2.46. The lowest BCUT2D eigenvalue weighted by Gasteiger charge is -2.23. The van der Waals surface area contributed by atoms with Gasteiger partial charge in [0.2, 0.25) is 5.91 Å². The number of nitrogens with zero attached hydrogens (tertiary/aromatic N) is 1. The van der Waals surface area contributed by atoms with Crippen molar-refractivity contribution in [1.29, 1.82) is 5.26 Å². The topological polar surface area (TPSA) is 52.9 Å². The van der Waals surface area contributed by atoms with Gasteiger partial charge in [0.25, 0.3) is 0 Å². The Labute approximate surface area is 122 Å². The van der Waals surface area contributed by atoms with Gasteiger partial charge in [-0.3, -0.25) is 4.79 Å². The molecule has 0 saturated heterocycles. The number of carbonyl (C=O) groups is 1. The van der Waals surface area contributed by atoms with E-state index in [1.165, 1.54) is 0 Å². The second-order valence-electron chi connectivity index (χ2n) is 6.76. The van der Waals surface area contributed by atoms with Crippen molar-refractivity contribution in [3.05, 3.63) is 29.3 Å². The highest BCUT2D eigenvalue weighted by Gasteiger charge is 2.18. The summed E-state index contributed by atoms with van der Waals surface area (Å²) in [7, 11) is 0. The number of carbonyl (C=O) groups excluding carboxylic acids is 1. The highest BCUT2D eigenvalue weighted by Crippen LogP contribution is 2.26. The molecule has 1 amide bonds. The van der Waals surface area contributed by atoms with Gasteiger partial charge >= 0.3 is 0 Å². The molecule has 0 aliphatic rings. The minimum atomic E-state index is 0.0138. The van der Waals surface area contributed by atoms with Crippen LogP contribution in [0.25, 0.3) is 0 Å². The Morgan fingerprint density at radius 3 is 2.60 bits per heavy atom. The van der Waals surface area contributed by atoms with Gasteiger partial charge in [0.05, 0.1) is 11.6 Å². The summed E-state index contributed by atoms with van der Waals surface area (Å²) in [5.74, 6) is 0.356. The molecule has 0 bridgehead atoms. The third kappa shape index (κ3) is 5.44. The predicted octanol–water partition coefficient (Wildman–Crippen LogP) is 4.27. The number of rotatable bonds is 4. The lowest BCUT2D eigenvalue weighted by molar-refractivity contribution is -0.117. The number of nitriles is 1. The first-order valence-electron chi connectivity index (χ1n) is 7.02. The zero-order valence-corrected chi connectivity index (χ0v) is 13.1. The molecule has 1 unspecified atom stereocenters. The Morgan fingerprint density at radius 2 is 2.05 bits per heavy atom. The smallest absolute Gasteiger partial charge is 0.224 e.